The summed E-state index contributed by atoms with van der Waals surface area (Å²) in [6.07, 6.45) is 1.72. The van der Waals surface area contributed by atoms with E-state index in [0.717, 1.165) is 11.1 Å². The van der Waals surface area contributed by atoms with Crippen molar-refractivity contribution in [2.45, 2.75) is 20.8 Å². The van der Waals surface area contributed by atoms with E-state index in [-0.39, 0.29) is 5.82 Å². The molecule has 0 aliphatic carbocycles. The predicted molar refractivity (Wildman–Crippen MR) is 96.5 cm³/mol. The zero-order chi connectivity index (χ0) is 17.3. The van der Waals surface area contributed by atoms with Gasteiger partial charge in [-0.1, -0.05) is 18.2 Å². The van der Waals surface area contributed by atoms with Crippen LogP contribution < -0.4 is 0 Å². The van der Waals surface area contributed by atoms with E-state index in [4.69, 9.17) is 12.2 Å². The van der Waals surface area contributed by atoms with Crippen LogP contribution in [0.2, 0.25) is 0 Å². The average Bonchev–Trinajstić information content (AvgIpc) is 2.91. The Balaban J connectivity index is 2.06. The van der Waals surface area contributed by atoms with Gasteiger partial charge in [0.25, 0.3) is 0 Å². The molecule has 2 aromatic carbocycles. The molecule has 1 heterocycles. The highest BCUT2D eigenvalue weighted by Crippen LogP contribution is 2.21. The van der Waals surface area contributed by atoms with Gasteiger partial charge < -0.3 is 0 Å². The molecular weight excluding hydrogens is 323 g/mol. The molecule has 0 radical (unpaired) electrons. The van der Waals surface area contributed by atoms with Gasteiger partial charge in [-0.2, -0.15) is 14.9 Å². The molecule has 0 aliphatic rings. The summed E-state index contributed by atoms with van der Waals surface area (Å²) in [6, 6.07) is 10.6. The number of aromatic nitrogens is 3. The van der Waals surface area contributed by atoms with Crippen molar-refractivity contribution in [3.05, 3.63) is 69.2 Å². The van der Waals surface area contributed by atoms with Crippen LogP contribution in [0.15, 0.2) is 41.5 Å². The summed E-state index contributed by atoms with van der Waals surface area (Å²) in [4.78, 5) is 0. The molecule has 3 rings (SSSR count). The van der Waals surface area contributed by atoms with Crippen molar-refractivity contribution >= 4 is 18.4 Å². The van der Waals surface area contributed by atoms with Crippen LogP contribution in [0, 0.1) is 31.4 Å². The number of hydrogen-bond donors (Lipinski definition) is 1. The summed E-state index contributed by atoms with van der Waals surface area (Å²) < 4.78 is 15.8. The third-order valence-electron chi connectivity index (χ3n) is 3.96. The van der Waals surface area contributed by atoms with Gasteiger partial charge in [0, 0.05) is 0 Å². The maximum atomic E-state index is 14.0. The largest absolute Gasteiger partial charge is 0.250 e. The number of aromatic amines is 1. The Kier molecular flexibility index (Phi) is 4.40. The van der Waals surface area contributed by atoms with Crippen molar-refractivity contribution < 1.29 is 4.39 Å². The lowest BCUT2D eigenvalue weighted by atomic mass is 10.0. The van der Waals surface area contributed by atoms with Crippen LogP contribution in [0.1, 0.15) is 22.3 Å². The zero-order valence-electron chi connectivity index (χ0n) is 13.7. The maximum Gasteiger partial charge on any atom is 0.216 e. The number of nitrogens with zero attached hydrogens (tertiary/aromatic N) is 3. The first-order valence-corrected chi connectivity index (χ1v) is 7.92. The number of halogens is 1. The smallest absolute Gasteiger partial charge is 0.216 e. The SMILES string of the molecule is Cc1cc(C)c(/C=N\n2c(-c3ccccc3F)n[nH]c2=S)cc1C. The van der Waals surface area contributed by atoms with Crippen molar-refractivity contribution in [3.8, 4) is 11.4 Å². The Morgan fingerprint density at radius 1 is 1.12 bits per heavy atom. The minimum atomic E-state index is -0.370. The number of aryl methyl sites for hydroxylation is 3. The number of rotatable bonds is 3. The topological polar surface area (TPSA) is 46.0 Å². The zero-order valence-corrected chi connectivity index (χ0v) is 14.5. The molecule has 1 aromatic heterocycles. The fourth-order valence-corrected chi connectivity index (χ4v) is 2.64. The highest BCUT2D eigenvalue weighted by atomic mass is 32.1. The normalized spacial score (nSPS) is 11.3. The predicted octanol–water partition coefficient (Wildman–Crippen LogP) is 4.55. The molecule has 0 saturated heterocycles. The van der Waals surface area contributed by atoms with E-state index in [1.54, 1.807) is 24.4 Å². The van der Waals surface area contributed by atoms with E-state index in [1.807, 2.05) is 6.92 Å². The van der Waals surface area contributed by atoms with E-state index in [0.29, 0.717) is 16.2 Å². The lowest BCUT2D eigenvalue weighted by Gasteiger charge is -2.06. The van der Waals surface area contributed by atoms with Crippen LogP contribution in [0.4, 0.5) is 4.39 Å². The van der Waals surface area contributed by atoms with Gasteiger partial charge in [-0.3, -0.25) is 0 Å². The minimum Gasteiger partial charge on any atom is -0.250 e. The average molecular weight is 340 g/mol. The number of hydrogen-bond acceptors (Lipinski definition) is 3. The molecule has 122 valence electrons. The summed E-state index contributed by atoms with van der Waals surface area (Å²) in [5.41, 5.74) is 4.87. The van der Waals surface area contributed by atoms with Crippen molar-refractivity contribution in [3.63, 3.8) is 0 Å². The Morgan fingerprint density at radius 2 is 1.83 bits per heavy atom. The monoisotopic (exact) mass is 340 g/mol. The first-order chi connectivity index (χ1) is 11.5. The van der Waals surface area contributed by atoms with Crippen LogP contribution in [-0.2, 0) is 0 Å². The van der Waals surface area contributed by atoms with Crippen molar-refractivity contribution in [2.75, 3.05) is 0 Å². The molecule has 0 aliphatic heterocycles. The summed E-state index contributed by atoms with van der Waals surface area (Å²) in [5.74, 6) is -0.0267. The van der Waals surface area contributed by atoms with Crippen LogP contribution in [0.5, 0.6) is 0 Å². The lowest BCUT2D eigenvalue weighted by Crippen LogP contribution is -1.98. The van der Waals surface area contributed by atoms with E-state index in [2.05, 4.69) is 41.3 Å². The molecule has 3 aromatic rings. The van der Waals surface area contributed by atoms with Gasteiger partial charge in [0.1, 0.15) is 5.82 Å². The second-order valence-corrected chi connectivity index (χ2v) is 6.07. The van der Waals surface area contributed by atoms with Gasteiger partial charge in [0.2, 0.25) is 4.77 Å². The molecule has 4 nitrogen and oxygen atoms in total. The molecule has 0 bridgehead atoms. The summed E-state index contributed by atoms with van der Waals surface area (Å²) in [5, 5.41) is 11.2. The van der Waals surface area contributed by atoms with Crippen LogP contribution >= 0.6 is 12.2 Å². The van der Waals surface area contributed by atoms with E-state index in [1.165, 1.54) is 21.9 Å². The Morgan fingerprint density at radius 3 is 2.58 bits per heavy atom. The van der Waals surface area contributed by atoms with Gasteiger partial charge in [-0.15, -0.1) is 0 Å². The van der Waals surface area contributed by atoms with Crippen molar-refractivity contribution in [1.29, 1.82) is 0 Å². The summed E-state index contributed by atoms with van der Waals surface area (Å²) in [6.45, 7) is 6.16. The standard InChI is InChI=1S/C18H17FN4S/c1-11-8-13(3)14(9-12(11)2)10-20-23-17(21-22-18(23)24)15-6-4-5-7-16(15)19/h4-10H,1-3H3,(H,22,24)/b20-10-. The van der Waals surface area contributed by atoms with Crippen molar-refractivity contribution in [1.82, 2.24) is 14.9 Å². The molecule has 0 amide bonds. The molecule has 24 heavy (non-hydrogen) atoms. The molecular formula is C18H17FN4S. The van der Waals surface area contributed by atoms with Gasteiger partial charge in [-0.05, 0) is 73.4 Å². The number of benzene rings is 2. The van der Waals surface area contributed by atoms with Crippen LogP contribution in [-0.4, -0.2) is 21.1 Å². The molecule has 0 fully saturated rings. The lowest BCUT2D eigenvalue weighted by molar-refractivity contribution is 0.628. The summed E-state index contributed by atoms with van der Waals surface area (Å²) in [7, 11) is 0. The molecule has 0 saturated carbocycles. The highest BCUT2D eigenvalue weighted by Gasteiger charge is 2.12. The third-order valence-corrected chi connectivity index (χ3v) is 4.22. The first kappa shape index (κ1) is 16.3. The summed E-state index contributed by atoms with van der Waals surface area (Å²) >= 11 is 5.22. The molecule has 0 unspecified atom stereocenters. The van der Waals surface area contributed by atoms with Gasteiger partial charge in [0.05, 0.1) is 11.8 Å². The quantitative estimate of drug-likeness (QED) is 0.561. The van der Waals surface area contributed by atoms with Gasteiger partial charge >= 0.3 is 0 Å². The van der Waals surface area contributed by atoms with Gasteiger partial charge in [-0.25, -0.2) is 9.49 Å². The number of nitrogens with one attached hydrogen (secondary N) is 1. The van der Waals surface area contributed by atoms with Crippen molar-refractivity contribution in [2.24, 2.45) is 5.10 Å². The number of H-pyrrole nitrogens is 1. The second kappa shape index (κ2) is 6.49. The second-order valence-electron chi connectivity index (χ2n) is 5.68. The minimum absolute atomic E-state index is 0.311. The highest BCUT2D eigenvalue weighted by molar-refractivity contribution is 7.71. The van der Waals surface area contributed by atoms with E-state index >= 15 is 0 Å². The Bertz CT molecular complexity index is 985. The van der Waals surface area contributed by atoms with E-state index < -0.39 is 0 Å². The third kappa shape index (κ3) is 3.05. The Hall–Kier alpha value is -2.60. The maximum absolute atomic E-state index is 14.0. The first-order valence-electron chi connectivity index (χ1n) is 7.52. The van der Waals surface area contributed by atoms with Crippen LogP contribution in [0.25, 0.3) is 11.4 Å². The van der Waals surface area contributed by atoms with Crippen LogP contribution in [0.3, 0.4) is 0 Å². The Labute approximate surface area is 144 Å². The van der Waals surface area contributed by atoms with Gasteiger partial charge in [0.15, 0.2) is 5.82 Å². The molecule has 0 spiro atoms. The fourth-order valence-electron chi connectivity index (χ4n) is 2.46. The fraction of sp³-hybridized carbons (Fsp3) is 0.167. The molecule has 6 heteroatoms. The molecule has 1 N–H and O–H groups in total. The molecule has 0 atom stereocenters. The van der Waals surface area contributed by atoms with E-state index in [9.17, 15) is 4.39 Å².